The second-order valence-corrected chi connectivity index (χ2v) is 7.36. The van der Waals surface area contributed by atoms with Gasteiger partial charge < -0.3 is 4.57 Å². The highest BCUT2D eigenvalue weighted by molar-refractivity contribution is 5.84. The summed E-state index contributed by atoms with van der Waals surface area (Å²) in [7, 11) is 1.79. The molecule has 0 radical (unpaired) electrons. The first-order valence-corrected chi connectivity index (χ1v) is 9.24. The summed E-state index contributed by atoms with van der Waals surface area (Å²) >= 11 is 0. The van der Waals surface area contributed by atoms with E-state index in [0.29, 0.717) is 18.6 Å². The van der Waals surface area contributed by atoms with E-state index in [1.807, 2.05) is 31.5 Å². The number of hydrogen-bond acceptors (Lipinski definition) is 3. The Morgan fingerprint density at radius 2 is 1.96 bits per heavy atom. The number of aromatic nitrogens is 2. The zero-order chi connectivity index (χ0) is 19.0. The summed E-state index contributed by atoms with van der Waals surface area (Å²) in [5, 5.41) is 0. The Morgan fingerprint density at radius 1 is 1.11 bits per heavy atom. The molecular formula is C23H22N2O2. The summed E-state index contributed by atoms with van der Waals surface area (Å²) in [5.74, 6) is 0.306. The molecule has 0 saturated heterocycles. The van der Waals surface area contributed by atoms with Crippen LogP contribution >= 0.6 is 0 Å². The van der Waals surface area contributed by atoms with Crippen molar-refractivity contribution in [1.82, 2.24) is 9.55 Å². The molecule has 1 aliphatic rings. The van der Waals surface area contributed by atoms with Crippen LogP contribution in [0.1, 0.15) is 34.2 Å². The van der Waals surface area contributed by atoms with Gasteiger partial charge in [-0.25, -0.2) is 0 Å². The van der Waals surface area contributed by atoms with Gasteiger partial charge in [0, 0.05) is 44.0 Å². The van der Waals surface area contributed by atoms with Crippen LogP contribution in [0, 0.1) is 6.92 Å². The number of nitrogens with zero attached hydrogens (tertiary/aromatic N) is 2. The Morgan fingerprint density at radius 3 is 2.70 bits per heavy atom. The van der Waals surface area contributed by atoms with Gasteiger partial charge >= 0.3 is 0 Å². The summed E-state index contributed by atoms with van der Waals surface area (Å²) in [6.07, 6.45) is 8.21. The first kappa shape index (κ1) is 17.4. The van der Waals surface area contributed by atoms with Crippen molar-refractivity contribution in [1.29, 1.82) is 0 Å². The largest absolute Gasteiger partial charge is 0.318 e. The van der Waals surface area contributed by atoms with Gasteiger partial charge in [-0.1, -0.05) is 18.2 Å². The number of carbonyl (C=O) groups is 1. The lowest BCUT2D eigenvalue weighted by Crippen LogP contribution is -2.19. The maximum Gasteiger partial charge on any atom is 0.253 e. The molecule has 4 nitrogen and oxygen atoms in total. The average Bonchev–Trinajstić information content (AvgIpc) is 2.66. The fourth-order valence-electron chi connectivity index (χ4n) is 3.88. The summed E-state index contributed by atoms with van der Waals surface area (Å²) in [4.78, 5) is 28.3. The molecule has 136 valence electrons. The van der Waals surface area contributed by atoms with Crippen LogP contribution in [0.2, 0.25) is 0 Å². The fourth-order valence-corrected chi connectivity index (χ4v) is 3.88. The molecule has 0 atom stereocenters. The van der Waals surface area contributed by atoms with E-state index in [0.717, 1.165) is 46.2 Å². The SMILES string of the molecule is Cc1cc(-c2cc3c(cc2Cc2cccnc2)CC(=O)CC3)cn(C)c1=O. The summed E-state index contributed by atoms with van der Waals surface area (Å²) in [6.45, 7) is 1.85. The summed E-state index contributed by atoms with van der Waals surface area (Å²) in [5.41, 5.74) is 7.59. The standard InChI is InChI=1S/C23H22N2O2/c1-15-8-20(14-25(2)23(15)27)22-12-17-5-6-21(26)11-18(17)10-19(22)9-16-4-3-7-24-13-16/h3-4,7-8,10,12-14H,5-6,9,11H2,1-2H3. The molecule has 3 aromatic rings. The third kappa shape index (κ3) is 3.47. The predicted molar refractivity (Wildman–Crippen MR) is 106 cm³/mol. The minimum Gasteiger partial charge on any atom is -0.318 e. The van der Waals surface area contributed by atoms with E-state index in [9.17, 15) is 9.59 Å². The monoisotopic (exact) mass is 358 g/mol. The first-order chi connectivity index (χ1) is 13.0. The molecule has 27 heavy (non-hydrogen) atoms. The zero-order valence-electron chi connectivity index (χ0n) is 15.7. The number of ketones is 1. The number of hydrogen-bond donors (Lipinski definition) is 0. The lowest BCUT2D eigenvalue weighted by Gasteiger charge is -2.20. The molecule has 4 heteroatoms. The van der Waals surface area contributed by atoms with Gasteiger partial charge in [0.15, 0.2) is 0 Å². The number of Topliss-reactive ketones (excluding diaryl/α,β-unsaturated/α-hetero) is 1. The van der Waals surface area contributed by atoms with Crippen molar-refractivity contribution >= 4 is 5.78 Å². The third-order valence-corrected chi connectivity index (χ3v) is 5.28. The zero-order valence-corrected chi connectivity index (χ0v) is 15.7. The van der Waals surface area contributed by atoms with Gasteiger partial charge in [-0.3, -0.25) is 14.6 Å². The van der Waals surface area contributed by atoms with Crippen LogP contribution in [-0.2, 0) is 31.1 Å². The van der Waals surface area contributed by atoms with Crippen LogP contribution < -0.4 is 5.56 Å². The Hall–Kier alpha value is -3.01. The molecule has 0 saturated carbocycles. The van der Waals surface area contributed by atoms with Crippen molar-refractivity contribution in [3.8, 4) is 11.1 Å². The maximum absolute atomic E-state index is 12.1. The highest BCUT2D eigenvalue weighted by Gasteiger charge is 2.19. The second-order valence-electron chi connectivity index (χ2n) is 7.36. The van der Waals surface area contributed by atoms with Crippen molar-refractivity contribution < 1.29 is 4.79 Å². The summed E-state index contributed by atoms with van der Waals surface area (Å²) < 4.78 is 1.64. The van der Waals surface area contributed by atoms with Crippen LogP contribution in [0.5, 0.6) is 0 Å². The van der Waals surface area contributed by atoms with Gasteiger partial charge in [-0.2, -0.15) is 0 Å². The first-order valence-electron chi connectivity index (χ1n) is 9.24. The molecule has 2 aromatic heterocycles. The lowest BCUT2D eigenvalue weighted by molar-refractivity contribution is -0.118. The number of rotatable bonds is 3. The van der Waals surface area contributed by atoms with Crippen molar-refractivity contribution in [2.75, 3.05) is 0 Å². The van der Waals surface area contributed by atoms with Crippen LogP contribution in [0.4, 0.5) is 0 Å². The van der Waals surface area contributed by atoms with Crippen molar-refractivity contribution in [2.45, 2.75) is 32.6 Å². The number of carbonyl (C=O) groups excluding carboxylic acids is 1. The van der Waals surface area contributed by atoms with Crippen LogP contribution in [-0.4, -0.2) is 15.3 Å². The molecule has 0 fully saturated rings. The van der Waals surface area contributed by atoms with Gasteiger partial charge in [0.25, 0.3) is 5.56 Å². The number of benzene rings is 1. The quantitative estimate of drug-likeness (QED) is 0.721. The highest BCUT2D eigenvalue weighted by atomic mass is 16.1. The van der Waals surface area contributed by atoms with Crippen molar-refractivity contribution in [2.24, 2.45) is 7.05 Å². The van der Waals surface area contributed by atoms with Gasteiger partial charge in [0.05, 0.1) is 0 Å². The van der Waals surface area contributed by atoms with E-state index in [-0.39, 0.29) is 5.56 Å². The van der Waals surface area contributed by atoms with E-state index in [1.54, 1.807) is 17.8 Å². The molecule has 0 aliphatic heterocycles. The highest BCUT2D eigenvalue weighted by Crippen LogP contribution is 2.31. The molecule has 0 bridgehead atoms. The molecule has 2 heterocycles. The Labute approximate surface area is 158 Å². The minimum atomic E-state index is 0.0242. The van der Waals surface area contributed by atoms with E-state index in [4.69, 9.17) is 0 Å². The Bertz CT molecular complexity index is 1060. The van der Waals surface area contributed by atoms with E-state index < -0.39 is 0 Å². The van der Waals surface area contributed by atoms with Crippen LogP contribution in [0.3, 0.4) is 0 Å². The van der Waals surface area contributed by atoms with E-state index >= 15 is 0 Å². The maximum atomic E-state index is 12.1. The Kier molecular flexibility index (Phi) is 4.48. The van der Waals surface area contributed by atoms with Gasteiger partial charge in [0.1, 0.15) is 5.78 Å². The van der Waals surface area contributed by atoms with Crippen LogP contribution in [0.15, 0.2) is 53.7 Å². The van der Waals surface area contributed by atoms with Gasteiger partial charge in [-0.15, -0.1) is 0 Å². The fraction of sp³-hybridized carbons (Fsp3) is 0.261. The number of fused-ring (bicyclic) bond motifs is 1. The normalized spacial score (nSPS) is 13.5. The molecule has 1 aromatic carbocycles. The smallest absolute Gasteiger partial charge is 0.253 e. The van der Waals surface area contributed by atoms with Crippen LogP contribution in [0.25, 0.3) is 11.1 Å². The second kappa shape index (κ2) is 6.95. The van der Waals surface area contributed by atoms with Crippen molar-refractivity contribution in [3.63, 3.8) is 0 Å². The summed E-state index contributed by atoms with van der Waals surface area (Å²) in [6, 6.07) is 10.4. The van der Waals surface area contributed by atoms with E-state index in [2.05, 4.69) is 23.2 Å². The van der Waals surface area contributed by atoms with Gasteiger partial charge in [0.2, 0.25) is 0 Å². The Balaban J connectivity index is 1.88. The number of pyridine rings is 2. The topological polar surface area (TPSA) is 52.0 Å². The van der Waals surface area contributed by atoms with Gasteiger partial charge in [-0.05, 0) is 65.3 Å². The number of aryl methyl sites for hydroxylation is 3. The molecule has 0 unspecified atom stereocenters. The molecule has 4 rings (SSSR count). The van der Waals surface area contributed by atoms with E-state index in [1.165, 1.54) is 5.56 Å². The molecule has 1 aliphatic carbocycles. The van der Waals surface area contributed by atoms with Crippen molar-refractivity contribution in [3.05, 3.63) is 87.1 Å². The molecule has 0 spiro atoms. The third-order valence-electron chi connectivity index (χ3n) is 5.28. The molecule has 0 N–H and O–H groups in total. The predicted octanol–water partition coefficient (Wildman–Crippen LogP) is 3.40. The minimum absolute atomic E-state index is 0.0242. The average molecular weight is 358 g/mol. The molecular weight excluding hydrogens is 336 g/mol. The molecule has 0 amide bonds. The lowest BCUT2D eigenvalue weighted by atomic mass is 9.84.